The van der Waals surface area contributed by atoms with Gasteiger partial charge in [-0.2, -0.15) is 0 Å². The van der Waals surface area contributed by atoms with Crippen LogP contribution >= 0.6 is 11.3 Å². The molecule has 0 bridgehead atoms. The van der Waals surface area contributed by atoms with Crippen LogP contribution in [0.1, 0.15) is 55.0 Å². The van der Waals surface area contributed by atoms with Crippen molar-refractivity contribution in [3.63, 3.8) is 0 Å². The first kappa shape index (κ1) is 11.5. The molecule has 0 saturated heterocycles. The van der Waals surface area contributed by atoms with Crippen molar-refractivity contribution in [3.8, 4) is 0 Å². The van der Waals surface area contributed by atoms with Gasteiger partial charge in [0.1, 0.15) is 0 Å². The number of hydrogen-bond donors (Lipinski definition) is 1. The van der Waals surface area contributed by atoms with Crippen molar-refractivity contribution in [1.82, 2.24) is 4.98 Å². The Labute approximate surface area is 103 Å². The Morgan fingerprint density at radius 3 is 2.47 bits per heavy atom. The first-order valence-corrected chi connectivity index (χ1v) is 6.99. The topological polar surface area (TPSA) is 38.9 Å². The van der Waals surface area contributed by atoms with Crippen LogP contribution in [-0.2, 0) is 5.54 Å². The van der Waals surface area contributed by atoms with E-state index in [1.807, 2.05) is 5.51 Å². The molecule has 0 aliphatic heterocycles. The van der Waals surface area contributed by atoms with E-state index in [9.17, 15) is 8.78 Å². The molecule has 1 aromatic heterocycles. The zero-order valence-electron chi connectivity index (χ0n) is 9.59. The molecule has 2 N–H and O–H groups in total. The van der Waals surface area contributed by atoms with Gasteiger partial charge in [-0.1, -0.05) is 0 Å². The lowest BCUT2D eigenvalue weighted by Gasteiger charge is -2.36. The maximum atomic E-state index is 13.2. The number of alkyl halides is 2. The van der Waals surface area contributed by atoms with Gasteiger partial charge in [-0.05, 0) is 25.7 Å². The van der Waals surface area contributed by atoms with Gasteiger partial charge in [0.2, 0.25) is 5.92 Å². The number of rotatable bonds is 2. The Bertz CT molecular complexity index is 416. The third-order valence-corrected chi connectivity index (χ3v) is 4.95. The fourth-order valence-electron chi connectivity index (χ4n) is 2.56. The van der Waals surface area contributed by atoms with E-state index in [-0.39, 0.29) is 12.8 Å². The molecule has 0 atom stereocenters. The second-order valence-corrected chi connectivity index (χ2v) is 6.21. The Balaban J connectivity index is 1.85. The van der Waals surface area contributed by atoms with Gasteiger partial charge in [0.25, 0.3) is 0 Å². The van der Waals surface area contributed by atoms with Crippen molar-refractivity contribution in [2.45, 2.75) is 55.9 Å². The van der Waals surface area contributed by atoms with Crippen LogP contribution in [0.5, 0.6) is 0 Å². The predicted octanol–water partition coefficient (Wildman–Crippen LogP) is 3.38. The van der Waals surface area contributed by atoms with Crippen LogP contribution in [0.25, 0.3) is 0 Å². The second kappa shape index (κ2) is 3.72. The van der Waals surface area contributed by atoms with E-state index in [2.05, 4.69) is 4.98 Å². The number of nitrogens with two attached hydrogens (primary N) is 1. The lowest BCUT2D eigenvalue weighted by Crippen LogP contribution is -2.43. The van der Waals surface area contributed by atoms with Gasteiger partial charge in [0, 0.05) is 23.6 Å². The van der Waals surface area contributed by atoms with Gasteiger partial charge in [0.15, 0.2) is 0 Å². The average Bonchev–Trinajstić information content (AvgIpc) is 3.01. The van der Waals surface area contributed by atoms with Gasteiger partial charge in [0.05, 0.1) is 16.7 Å². The Hall–Kier alpha value is -0.550. The highest BCUT2D eigenvalue weighted by Gasteiger charge is 2.45. The lowest BCUT2D eigenvalue weighted by molar-refractivity contribution is -0.0510. The predicted molar refractivity (Wildman–Crippen MR) is 63.4 cm³/mol. The Morgan fingerprint density at radius 1 is 1.24 bits per heavy atom. The van der Waals surface area contributed by atoms with Gasteiger partial charge >= 0.3 is 0 Å². The summed E-state index contributed by atoms with van der Waals surface area (Å²) in [7, 11) is 0. The van der Waals surface area contributed by atoms with Gasteiger partial charge < -0.3 is 5.73 Å². The molecule has 1 aromatic rings. The molecule has 0 unspecified atom stereocenters. The third-order valence-electron chi connectivity index (χ3n) is 3.88. The minimum atomic E-state index is -2.52. The molecule has 1 heterocycles. The van der Waals surface area contributed by atoms with Gasteiger partial charge in [-0.15, -0.1) is 11.3 Å². The molecule has 3 rings (SSSR count). The molecule has 0 amide bonds. The zero-order chi connectivity index (χ0) is 12.1. The highest BCUT2D eigenvalue weighted by molar-refractivity contribution is 7.09. The molecular weight excluding hydrogens is 242 g/mol. The maximum absolute atomic E-state index is 13.2. The van der Waals surface area contributed by atoms with Crippen LogP contribution < -0.4 is 5.73 Å². The summed E-state index contributed by atoms with van der Waals surface area (Å²) in [4.78, 5) is 5.45. The minimum absolute atomic E-state index is 0.0918. The highest BCUT2D eigenvalue weighted by atomic mass is 32.1. The molecular formula is C12H16F2N2S. The standard InChI is InChI=1S/C12H16F2N2S/c13-12(14)5-3-11(15,4-6-12)10-9(8-1-2-8)16-7-17-10/h7-8H,1-6,15H2. The first-order chi connectivity index (χ1) is 8.00. The van der Waals surface area contributed by atoms with E-state index in [0.29, 0.717) is 18.8 Å². The summed E-state index contributed by atoms with van der Waals surface area (Å²) in [6.07, 6.45) is 2.91. The fourth-order valence-corrected chi connectivity index (χ4v) is 3.61. The summed E-state index contributed by atoms with van der Waals surface area (Å²) < 4.78 is 26.4. The second-order valence-electron chi connectivity index (χ2n) is 5.35. The number of hydrogen-bond acceptors (Lipinski definition) is 3. The minimum Gasteiger partial charge on any atom is -0.321 e. The maximum Gasteiger partial charge on any atom is 0.248 e. The molecule has 2 saturated carbocycles. The SMILES string of the molecule is NC1(c2scnc2C2CC2)CCC(F)(F)CC1. The van der Waals surface area contributed by atoms with Crippen molar-refractivity contribution in [2.24, 2.45) is 5.73 Å². The molecule has 17 heavy (non-hydrogen) atoms. The van der Waals surface area contributed by atoms with Crippen molar-refractivity contribution in [2.75, 3.05) is 0 Å². The lowest BCUT2D eigenvalue weighted by atomic mass is 9.79. The summed E-state index contributed by atoms with van der Waals surface area (Å²) in [5.74, 6) is -1.98. The van der Waals surface area contributed by atoms with E-state index in [1.165, 1.54) is 12.8 Å². The van der Waals surface area contributed by atoms with Crippen LogP contribution in [0.4, 0.5) is 8.78 Å². The van der Waals surface area contributed by atoms with Crippen LogP contribution in [0.2, 0.25) is 0 Å². The molecule has 94 valence electrons. The highest BCUT2D eigenvalue weighted by Crippen LogP contribution is 2.49. The molecule has 2 nitrogen and oxygen atoms in total. The van der Waals surface area contributed by atoms with E-state index >= 15 is 0 Å². The molecule has 0 spiro atoms. The molecule has 2 aliphatic rings. The molecule has 2 fully saturated rings. The van der Waals surface area contributed by atoms with Crippen molar-refractivity contribution >= 4 is 11.3 Å². The fraction of sp³-hybridized carbons (Fsp3) is 0.750. The van der Waals surface area contributed by atoms with Crippen LogP contribution in [0.3, 0.4) is 0 Å². The number of halogens is 2. The molecule has 0 radical (unpaired) electrons. The molecule has 5 heteroatoms. The van der Waals surface area contributed by atoms with Crippen LogP contribution in [0, 0.1) is 0 Å². The van der Waals surface area contributed by atoms with E-state index in [0.717, 1.165) is 10.6 Å². The van der Waals surface area contributed by atoms with Gasteiger partial charge in [-0.3, -0.25) is 0 Å². The molecule has 2 aliphatic carbocycles. The molecule has 0 aromatic carbocycles. The summed E-state index contributed by atoms with van der Waals surface area (Å²) in [6, 6.07) is 0. The van der Waals surface area contributed by atoms with Crippen molar-refractivity contribution in [3.05, 3.63) is 16.1 Å². The quantitative estimate of drug-likeness (QED) is 0.883. The summed E-state index contributed by atoms with van der Waals surface area (Å²) in [5.41, 5.74) is 8.69. The van der Waals surface area contributed by atoms with Crippen molar-refractivity contribution < 1.29 is 8.78 Å². The van der Waals surface area contributed by atoms with E-state index in [4.69, 9.17) is 5.73 Å². The van der Waals surface area contributed by atoms with E-state index in [1.54, 1.807) is 11.3 Å². The summed E-state index contributed by atoms with van der Waals surface area (Å²) in [6.45, 7) is 0. The van der Waals surface area contributed by atoms with Crippen molar-refractivity contribution in [1.29, 1.82) is 0 Å². The normalized spacial score (nSPS) is 27.0. The third kappa shape index (κ3) is 2.10. The first-order valence-electron chi connectivity index (χ1n) is 6.11. The smallest absolute Gasteiger partial charge is 0.248 e. The zero-order valence-corrected chi connectivity index (χ0v) is 10.4. The summed E-state index contributed by atoms with van der Waals surface area (Å²) >= 11 is 1.54. The van der Waals surface area contributed by atoms with Crippen LogP contribution in [0.15, 0.2) is 5.51 Å². The summed E-state index contributed by atoms with van der Waals surface area (Å²) in [5, 5.41) is 0. The monoisotopic (exact) mass is 258 g/mol. The number of nitrogens with zero attached hydrogens (tertiary/aromatic N) is 1. The average molecular weight is 258 g/mol. The van der Waals surface area contributed by atoms with Crippen LogP contribution in [-0.4, -0.2) is 10.9 Å². The van der Waals surface area contributed by atoms with E-state index < -0.39 is 11.5 Å². The largest absolute Gasteiger partial charge is 0.321 e. The Kier molecular flexibility index (Phi) is 2.52. The Morgan fingerprint density at radius 2 is 1.88 bits per heavy atom. The number of aromatic nitrogens is 1. The number of thiazole rings is 1. The van der Waals surface area contributed by atoms with Gasteiger partial charge in [-0.25, -0.2) is 13.8 Å².